The number of sulfonamides is 1. The molecule has 0 saturated carbocycles. The Morgan fingerprint density at radius 1 is 1.00 bits per heavy atom. The second kappa shape index (κ2) is 8.53. The molecule has 2 heterocycles. The van der Waals surface area contributed by atoms with Gasteiger partial charge in [0.1, 0.15) is 16.9 Å². The van der Waals surface area contributed by atoms with Gasteiger partial charge in [0.15, 0.2) is 0 Å². The summed E-state index contributed by atoms with van der Waals surface area (Å²) in [6, 6.07) is 18.6. The molecular weight excluding hydrogens is 408 g/mol. The molecule has 29 heavy (non-hydrogen) atoms. The lowest BCUT2D eigenvalue weighted by atomic mass is 10.1. The molecule has 2 aromatic carbocycles. The van der Waals surface area contributed by atoms with Crippen molar-refractivity contribution in [2.75, 3.05) is 13.1 Å². The number of piperidine rings is 1. The first-order chi connectivity index (χ1) is 14.0. The molecule has 150 valence electrons. The summed E-state index contributed by atoms with van der Waals surface area (Å²) in [7, 11) is -3.59. The van der Waals surface area contributed by atoms with E-state index in [4.69, 9.17) is 16.3 Å². The SMILES string of the molecule is O=S(=O)(c1ccc(-c2ccccc2)cc1)N1CCCC(Oc2ccncc2Cl)C1. The Morgan fingerprint density at radius 2 is 1.72 bits per heavy atom. The first-order valence-corrected chi connectivity index (χ1v) is 11.3. The summed E-state index contributed by atoms with van der Waals surface area (Å²) in [5.41, 5.74) is 2.04. The van der Waals surface area contributed by atoms with Crippen LogP contribution in [0.3, 0.4) is 0 Å². The number of aromatic nitrogens is 1. The molecular formula is C22H21ClN2O3S. The fourth-order valence-corrected chi connectivity index (χ4v) is 5.13. The van der Waals surface area contributed by atoms with E-state index in [9.17, 15) is 8.42 Å². The van der Waals surface area contributed by atoms with E-state index in [1.807, 2.05) is 42.5 Å². The van der Waals surface area contributed by atoms with Crippen molar-refractivity contribution in [1.82, 2.24) is 9.29 Å². The highest BCUT2D eigenvalue weighted by atomic mass is 35.5. The number of pyridine rings is 1. The topological polar surface area (TPSA) is 59.5 Å². The predicted molar refractivity (Wildman–Crippen MR) is 114 cm³/mol. The highest BCUT2D eigenvalue weighted by molar-refractivity contribution is 7.89. The van der Waals surface area contributed by atoms with Crippen LogP contribution >= 0.6 is 11.6 Å². The number of benzene rings is 2. The van der Waals surface area contributed by atoms with E-state index in [-0.39, 0.29) is 6.10 Å². The fraction of sp³-hybridized carbons (Fsp3) is 0.227. The van der Waals surface area contributed by atoms with Crippen LogP contribution < -0.4 is 4.74 Å². The van der Waals surface area contributed by atoms with Crippen molar-refractivity contribution in [3.8, 4) is 16.9 Å². The smallest absolute Gasteiger partial charge is 0.243 e. The average Bonchev–Trinajstić information content (AvgIpc) is 2.76. The van der Waals surface area contributed by atoms with Crippen molar-refractivity contribution in [1.29, 1.82) is 0 Å². The van der Waals surface area contributed by atoms with E-state index in [2.05, 4.69) is 4.98 Å². The lowest BCUT2D eigenvalue weighted by molar-refractivity contribution is 0.130. The molecule has 0 bridgehead atoms. The monoisotopic (exact) mass is 428 g/mol. The molecule has 0 amide bonds. The normalized spacial score (nSPS) is 17.8. The summed E-state index contributed by atoms with van der Waals surface area (Å²) in [4.78, 5) is 4.23. The Bertz CT molecular complexity index is 1070. The molecule has 1 aliphatic rings. The van der Waals surface area contributed by atoms with Crippen LogP contribution in [0.25, 0.3) is 11.1 Å². The van der Waals surface area contributed by atoms with Crippen molar-refractivity contribution in [2.24, 2.45) is 0 Å². The van der Waals surface area contributed by atoms with Crippen molar-refractivity contribution >= 4 is 21.6 Å². The van der Waals surface area contributed by atoms with Crippen LogP contribution in [-0.4, -0.2) is 36.9 Å². The van der Waals surface area contributed by atoms with Crippen LogP contribution in [0.2, 0.25) is 5.02 Å². The van der Waals surface area contributed by atoms with Gasteiger partial charge >= 0.3 is 0 Å². The minimum Gasteiger partial charge on any atom is -0.487 e. The number of nitrogens with zero attached hydrogens (tertiary/aromatic N) is 2. The van der Waals surface area contributed by atoms with Crippen LogP contribution in [0.4, 0.5) is 0 Å². The number of halogens is 1. The quantitative estimate of drug-likeness (QED) is 0.594. The fourth-order valence-electron chi connectivity index (χ4n) is 3.46. The second-order valence-electron chi connectivity index (χ2n) is 6.94. The predicted octanol–water partition coefficient (Wildman–Crippen LogP) is 4.63. The minimum atomic E-state index is -3.59. The van der Waals surface area contributed by atoms with Crippen LogP contribution in [0.5, 0.6) is 5.75 Å². The minimum absolute atomic E-state index is 0.248. The molecule has 0 aliphatic carbocycles. The van der Waals surface area contributed by atoms with E-state index in [0.29, 0.717) is 28.8 Å². The van der Waals surface area contributed by atoms with E-state index in [1.165, 1.54) is 10.5 Å². The van der Waals surface area contributed by atoms with E-state index in [0.717, 1.165) is 24.0 Å². The number of rotatable bonds is 5. The molecule has 1 atom stereocenters. The van der Waals surface area contributed by atoms with E-state index in [1.54, 1.807) is 24.4 Å². The zero-order valence-corrected chi connectivity index (χ0v) is 17.3. The highest BCUT2D eigenvalue weighted by Crippen LogP contribution is 2.28. The molecule has 1 saturated heterocycles. The maximum atomic E-state index is 13.1. The Hall–Kier alpha value is -2.41. The number of hydrogen-bond acceptors (Lipinski definition) is 4. The lowest BCUT2D eigenvalue weighted by Gasteiger charge is -2.32. The molecule has 5 nitrogen and oxygen atoms in total. The Balaban J connectivity index is 1.50. The molecule has 1 fully saturated rings. The van der Waals surface area contributed by atoms with Gasteiger partial charge in [-0.3, -0.25) is 4.98 Å². The summed E-state index contributed by atoms with van der Waals surface area (Å²) in [6.45, 7) is 0.772. The van der Waals surface area contributed by atoms with Crippen molar-refractivity contribution < 1.29 is 13.2 Å². The Morgan fingerprint density at radius 3 is 2.45 bits per heavy atom. The second-order valence-corrected chi connectivity index (χ2v) is 9.29. The molecule has 4 rings (SSSR count). The van der Waals surface area contributed by atoms with E-state index < -0.39 is 10.0 Å². The zero-order chi connectivity index (χ0) is 20.3. The van der Waals surface area contributed by atoms with Gasteiger partial charge in [-0.05, 0) is 36.1 Å². The third-order valence-electron chi connectivity index (χ3n) is 4.97. The Kier molecular flexibility index (Phi) is 5.85. The van der Waals surface area contributed by atoms with Gasteiger partial charge in [0, 0.05) is 25.0 Å². The van der Waals surface area contributed by atoms with Crippen molar-refractivity contribution in [3.63, 3.8) is 0 Å². The highest BCUT2D eigenvalue weighted by Gasteiger charge is 2.31. The molecule has 0 N–H and O–H groups in total. The number of ether oxygens (including phenoxy) is 1. The first-order valence-electron chi connectivity index (χ1n) is 9.46. The first kappa shape index (κ1) is 19.9. The summed E-state index contributed by atoms with van der Waals surface area (Å²) in [5, 5.41) is 0.420. The van der Waals surface area contributed by atoms with Crippen LogP contribution in [-0.2, 0) is 10.0 Å². The third kappa shape index (κ3) is 4.45. The summed E-state index contributed by atoms with van der Waals surface area (Å²) >= 11 is 6.11. The number of hydrogen-bond donors (Lipinski definition) is 0. The molecule has 3 aromatic rings. The van der Waals surface area contributed by atoms with Gasteiger partial charge in [0.2, 0.25) is 10.0 Å². The lowest BCUT2D eigenvalue weighted by Crippen LogP contribution is -2.44. The maximum absolute atomic E-state index is 13.1. The zero-order valence-electron chi connectivity index (χ0n) is 15.7. The standard InChI is InChI=1S/C22H21ClN2O3S/c23-21-15-24-13-12-22(21)28-19-7-4-14-25(16-19)29(26,27)20-10-8-18(9-11-20)17-5-2-1-3-6-17/h1-3,5-6,8-13,15,19H,4,7,14,16H2. The largest absolute Gasteiger partial charge is 0.487 e. The third-order valence-corrected chi connectivity index (χ3v) is 7.13. The van der Waals surface area contributed by atoms with Gasteiger partial charge in [-0.1, -0.05) is 54.1 Å². The Labute approximate surface area is 176 Å². The van der Waals surface area contributed by atoms with Crippen LogP contribution in [0, 0.1) is 0 Å². The van der Waals surface area contributed by atoms with Gasteiger partial charge < -0.3 is 4.74 Å². The molecule has 1 aromatic heterocycles. The molecule has 1 aliphatic heterocycles. The summed E-state index contributed by atoms with van der Waals surface area (Å²) in [6.07, 6.45) is 4.38. The average molecular weight is 429 g/mol. The van der Waals surface area contributed by atoms with Gasteiger partial charge in [-0.15, -0.1) is 0 Å². The molecule has 0 spiro atoms. The van der Waals surface area contributed by atoms with Crippen molar-refractivity contribution in [2.45, 2.75) is 23.8 Å². The van der Waals surface area contributed by atoms with Gasteiger partial charge in [-0.25, -0.2) is 8.42 Å². The molecule has 1 unspecified atom stereocenters. The summed E-state index contributed by atoms with van der Waals surface area (Å²) in [5.74, 6) is 0.526. The van der Waals surface area contributed by atoms with Crippen LogP contribution in [0.1, 0.15) is 12.8 Å². The summed E-state index contributed by atoms with van der Waals surface area (Å²) < 4.78 is 33.7. The molecule has 0 radical (unpaired) electrons. The molecule has 7 heteroatoms. The van der Waals surface area contributed by atoms with Crippen molar-refractivity contribution in [3.05, 3.63) is 78.1 Å². The van der Waals surface area contributed by atoms with Gasteiger partial charge in [0.25, 0.3) is 0 Å². The van der Waals surface area contributed by atoms with Crippen LogP contribution in [0.15, 0.2) is 78.0 Å². The maximum Gasteiger partial charge on any atom is 0.243 e. The van der Waals surface area contributed by atoms with Gasteiger partial charge in [0.05, 0.1) is 11.4 Å². The van der Waals surface area contributed by atoms with Gasteiger partial charge in [-0.2, -0.15) is 4.31 Å². The van der Waals surface area contributed by atoms with E-state index >= 15 is 0 Å².